The summed E-state index contributed by atoms with van der Waals surface area (Å²) in [5.74, 6) is -0.197. The molecule has 2 rings (SSSR count). The van der Waals surface area contributed by atoms with Crippen LogP contribution in [0, 0.1) is 11.3 Å². The van der Waals surface area contributed by atoms with Crippen molar-refractivity contribution in [3.05, 3.63) is 59.7 Å². The van der Waals surface area contributed by atoms with Crippen LogP contribution in [0.2, 0.25) is 0 Å². The van der Waals surface area contributed by atoms with E-state index in [1.54, 1.807) is 36.4 Å². The Hall–Kier alpha value is -2.89. The summed E-state index contributed by atoms with van der Waals surface area (Å²) in [5, 5.41) is 14.6. The molecule has 0 aliphatic heterocycles. The lowest BCUT2D eigenvalue weighted by atomic mass is 10.1. The predicted molar refractivity (Wildman–Crippen MR) is 104 cm³/mol. The minimum Gasteiger partial charge on any atom is -0.376 e. The highest BCUT2D eigenvalue weighted by Gasteiger charge is 2.17. The largest absolute Gasteiger partial charge is 0.376 e. The van der Waals surface area contributed by atoms with Gasteiger partial charge in [0, 0.05) is 19.8 Å². The van der Waals surface area contributed by atoms with E-state index in [0.29, 0.717) is 5.56 Å². The third kappa shape index (κ3) is 5.29. The van der Waals surface area contributed by atoms with E-state index < -0.39 is 10.0 Å². The fourth-order valence-electron chi connectivity index (χ4n) is 2.36. The summed E-state index contributed by atoms with van der Waals surface area (Å²) in [6.07, 6.45) is 0. The van der Waals surface area contributed by atoms with Crippen molar-refractivity contribution in [1.29, 1.82) is 5.26 Å². The van der Waals surface area contributed by atoms with Crippen LogP contribution in [0.25, 0.3) is 0 Å². The lowest BCUT2D eigenvalue weighted by Gasteiger charge is -2.16. The summed E-state index contributed by atoms with van der Waals surface area (Å²) in [5.41, 5.74) is 2.10. The molecule has 2 aromatic carbocycles. The maximum atomic E-state index is 12.1. The second-order valence-corrected chi connectivity index (χ2v) is 8.34. The average molecular weight is 386 g/mol. The summed E-state index contributed by atoms with van der Waals surface area (Å²) < 4.78 is 25.3. The number of benzene rings is 2. The van der Waals surface area contributed by atoms with Crippen LogP contribution in [-0.4, -0.2) is 39.3 Å². The van der Waals surface area contributed by atoms with Gasteiger partial charge in [0.1, 0.15) is 0 Å². The van der Waals surface area contributed by atoms with Gasteiger partial charge in [-0.1, -0.05) is 12.1 Å². The Balaban J connectivity index is 1.93. The molecule has 7 nitrogen and oxygen atoms in total. The minimum atomic E-state index is -3.47. The number of nitrogens with one attached hydrogen (secondary N) is 2. The molecular weight excluding hydrogens is 364 g/mol. The van der Waals surface area contributed by atoms with Crippen LogP contribution in [-0.2, 0) is 14.8 Å². The molecule has 0 heterocycles. The van der Waals surface area contributed by atoms with Gasteiger partial charge in [-0.2, -0.15) is 5.26 Å². The maximum Gasteiger partial charge on any atom is 0.242 e. The number of nitrogens with zero attached hydrogens (tertiary/aromatic N) is 2. The van der Waals surface area contributed by atoms with Crippen LogP contribution in [0.3, 0.4) is 0 Å². The number of carbonyl (C=O) groups excluding carboxylic acids is 1. The fraction of sp³-hybridized carbons (Fsp3) is 0.263. The Bertz CT molecular complexity index is 930. The number of carbonyl (C=O) groups is 1. The van der Waals surface area contributed by atoms with E-state index in [1.165, 1.54) is 26.2 Å². The molecule has 0 saturated carbocycles. The van der Waals surface area contributed by atoms with Crippen molar-refractivity contribution in [1.82, 2.24) is 9.62 Å². The van der Waals surface area contributed by atoms with E-state index in [1.807, 2.05) is 13.0 Å². The van der Waals surface area contributed by atoms with Crippen molar-refractivity contribution >= 4 is 21.6 Å². The van der Waals surface area contributed by atoms with Gasteiger partial charge in [0.15, 0.2) is 0 Å². The molecule has 1 atom stereocenters. The minimum absolute atomic E-state index is 0.0866. The van der Waals surface area contributed by atoms with Crippen LogP contribution < -0.4 is 10.6 Å². The highest BCUT2D eigenvalue weighted by molar-refractivity contribution is 7.89. The van der Waals surface area contributed by atoms with Gasteiger partial charge in [0.05, 0.1) is 29.1 Å². The highest BCUT2D eigenvalue weighted by Crippen LogP contribution is 2.18. The Morgan fingerprint density at radius 1 is 1.11 bits per heavy atom. The van der Waals surface area contributed by atoms with Gasteiger partial charge >= 0.3 is 0 Å². The Labute approximate surface area is 159 Å². The van der Waals surface area contributed by atoms with Gasteiger partial charge < -0.3 is 10.6 Å². The van der Waals surface area contributed by atoms with E-state index in [0.717, 1.165) is 15.6 Å². The molecule has 0 saturated heterocycles. The third-order valence-electron chi connectivity index (χ3n) is 4.00. The highest BCUT2D eigenvalue weighted by atomic mass is 32.2. The van der Waals surface area contributed by atoms with Gasteiger partial charge in [-0.3, -0.25) is 4.79 Å². The molecule has 8 heteroatoms. The first-order valence-electron chi connectivity index (χ1n) is 8.30. The predicted octanol–water partition coefficient (Wildman–Crippen LogP) is 2.10. The van der Waals surface area contributed by atoms with Gasteiger partial charge in [0.25, 0.3) is 0 Å². The summed E-state index contributed by atoms with van der Waals surface area (Å²) in [6, 6.07) is 15.0. The zero-order valence-corrected chi connectivity index (χ0v) is 16.2. The van der Waals surface area contributed by atoms with Crippen molar-refractivity contribution in [2.24, 2.45) is 0 Å². The number of rotatable bonds is 7. The number of nitriles is 1. The normalized spacial score (nSPS) is 12.3. The first kappa shape index (κ1) is 20.4. The van der Waals surface area contributed by atoms with Gasteiger partial charge in [-0.15, -0.1) is 0 Å². The Morgan fingerprint density at radius 3 is 2.22 bits per heavy atom. The van der Waals surface area contributed by atoms with E-state index in [9.17, 15) is 13.2 Å². The van der Waals surface area contributed by atoms with Crippen LogP contribution in [0.4, 0.5) is 5.69 Å². The molecule has 0 aliphatic carbocycles. The van der Waals surface area contributed by atoms with Crippen molar-refractivity contribution < 1.29 is 13.2 Å². The summed E-state index contributed by atoms with van der Waals surface area (Å²) in [4.78, 5) is 12.3. The summed E-state index contributed by atoms with van der Waals surface area (Å²) in [7, 11) is -0.513. The smallest absolute Gasteiger partial charge is 0.242 e. The molecule has 1 amide bonds. The van der Waals surface area contributed by atoms with Crippen LogP contribution in [0.15, 0.2) is 53.4 Å². The average Bonchev–Trinajstić information content (AvgIpc) is 2.66. The lowest BCUT2D eigenvalue weighted by molar-refractivity contribution is -0.120. The van der Waals surface area contributed by atoms with E-state index in [-0.39, 0.29) is 23.4 Å². The third-order valence-corrected chi connectivity index (χ3v) is 5.83. The van der Waals surface area contributed by atoms with Crippen molar-refractivity contribution in [3.63, 3.8) is 0 Å². The molecule has 142 valence electrons. The van der Waals surface area contributed by atoms with Gasteiger partial charge in [-0.05, 0) is 48.9 Å². The molecule has 0 spiro atoms. The monoisotopic (exact) mass is 386 g/mol. The zero-order chi connectivity index (χ0) is 20.0. The Kier molecular flexibility index (Phi) is 6.55. The van der Waals surface area contributed by atoms with E-state index >= 15 is 0 Å². The Morgan fingerprint density at radius 2 is 1.70 bits per heavy atom. The standard InChI is InChI=1S/C19H22N4O3S/c1-14(16-6-10-18(11-7-16)27(25,26)23(2)3)22-19(24)13-21-17-8-4-15(12-20)5-9-17/h4-11,14,21H,13H2,1-3H3,(H,22,24). The van der Waals surface area contributed by atoms with E-state index in [4.69, 9.17) is 5.26 Å². The van der Waals surface area contributed by atoms with Crippen LogP contribution >= 0.6 is 0 Å². The molecule has 0 aromatic heterocycles. The summed E-state index contributed by atoms with van der Waals surface area (Å²) in [6.45, 7) is 1.92. The van der Waals surface area contributed by atoms with Crippen LogP contribution in [0.1, 0.15) is 24.1 Å². The number of amides is 1. The molecule has 0 aliphatic rings. The number of hydrogen-bond donors (Lipinski definition) is 2. The lowest BCUT2D eigenvalue weighted by Crippen LogP contribution is -2.32. The molecule has 27 heavy (non-hydrogen) atoms. The number of hydrogen-bond acceptors (Lipinski definition) is 5. The topological polar surface area (TPSA) is 102 Å². The van der Waals surface area contributed by atoms with Crippen molar-refractivity contribution in [3.8, 4) is 6.07 Å². The first-order chi connectivity index (χ1) is 12.7. The van der Waals surface area contributed by atoms with Crippen LogP contribution in [0.5, 0.6) is 0 Å². The number of anilines is 1. The molecule has 0 fully saturated rings. The molecule has 0 radical (unpaired) electrons. The SMILES string of the molecule is CC(NC(=O)CNc1ccc(C#N)cc1)c1ccc(S(=O)(=O)N(C)C)cc1. The quantitative estimate of drug-likeness (QED) is 0.759. The molecular formula is C19H22N4O3S. The molecule has 2 N–H and O–H groups in total. The molecule has 2 aromatic rings. The van der Waals surface area contributed by atoms with Crippen molar-refractivity contribution in [2.45, 2.75) is 17.9 Å². The second kappa shape index (κ2) is 8.66. The van der Waals surface area contributed by atoms with Gasteiger partial charge in [0.2, 0.25) is 15.9 Å². The fourth-order valence-corrected chi connectivity index (χ4v) is 3.26. The maximum absolute atomic E-state index is 12.1. The van der Waals surface area contributed by atoms with Crippen molar-refractivity contribution in [2.75, 3.05) is 26.0 Å². The zero-order valence-electron chi connectivity index (χ0n) is 15.4. The molecule has 0 bridgehead atoms. The first-order valence-corrected chi connectivity index (χ1v) is 9.74. The second-order valence-electron chi connectivity index (χ2n) is 6.19. The van der Waals surface area contributed by atoms with Gasteiger partial charge in [-0.25, -0.2) is 12.7 Å². The summed E-state index contributed by atoms with van der Waals surface area (Å²) >= 11 is 0. The van der Waals surface area contributed by atoms with E-state index in [2.05, 4.69) is 10.6 Å². The number of sulfonamides is 1. The molecule has 1 unspecified atom stereocenters.